The number of aldehydes is 1. The molecule has 7 atom stereocenters. The SMILES string of the molecule is CO[C@]1(C=O)/C=C/CC(C)C(C)S(=O)NC(=O)c2ccc3c(c2)N(CC2CCC21)C[C@@]1(CCCc2ccccc21)CO3. The highest BCUT2D eigenvalue weighted by Crippen LogP contribution is 2.48. The lowest BCUT2D eigenvalue weighted by atomic mass is 9.64. The van der Waals surface area contributed by atoms with Crippen LogP contribution in [0.2, 0.25) is 0 Å². The van der Waals surface area contributed by atoms with Crippen molar-refractivity contribution < 1.29 is 23.3 Å². The molecule has 2 aromatic rings. The number of nitrogens with zero attached hydrogens (tertiary/aromatic N) is 1. The minimum atomic E-state index is -1.57. The Morgan fingerprint density at radius 1 is 1.17 bits per heavy atom. The number of anilines is 1. The fourth-order valence-electron chi connectivity index (χ4n) is 7.52. The summed E-state index contributed by atoms with van der Waals surface area (Å²) in [5, 5.41) is -0.275. The van der Waals surface area contributed by atoms with Gasteiger partial charge in [-0.3, -0.25) is 14.3 Å². The number of hydrogen-bond acceptors (Lipinski definition) is 6. The third-order valence-corrected chi connectivity index (χ3v) is 12.0. The smallest absolute Gasteiger partial charge is 0.263 e. The van der Waals surface area contributed by atoms with E-state index >= 15 is 0 Å². The number of carbonyl (C=O) groups excluding carboxylic acids is 2. The van der Waals surface area contributed by atoms with E-state index in [0.29, 0.717) is 18.6 Å². The molecule has 1 spiro atoms. The Bertz CT molecular complexity index is 1410. The van der Waals surface area contributed by atoms with Crippen LogP contribution in [0.3, 0.4) is 0 Å². The van der Waals surface area contributed by atoms with Crippen LogP contribution in [-0.4, -0.2) is 54.1 Å². The van der Waals surface area contributed by atoms with E-state index in [4.69, 9.17) is 9.47 Å². The van der Waals surface area contributed by atoms with Gasteiger partial charge in [-0.15, -0.1) is 0 Å². The maximum absolute atomic E-state index is 13.4. The molecule has 224 valence electrons. The lowest BCUT2D eigenvalue weighted by molar-refractivity contribution is -0.135. The molecule has 1 fully saturated rings. The van der Waals surface area contributed by atoms with Crippen LogP contribution in [0.25, 0.3) is 0 Å². The van der Waals surface area contributed by atoms with Gasteiger partial charge in [0.25, 0.3) is 5.91 Å². The fraction of sp³-hybridized carbons (Fsp3) is 0.529. The highest BCUT2D eigenvalue weighted by Gasteiger charge is 2.49. The molecule has 0 radical (unpaired) electrons. The molecule has 2 heterocycles. The molecule has 0 saturated heterocycles. The highest BCUT2D eigenvalue weighted by atomic mass is 32.2. The summed E-state index contributed by atoms with van der Waals surface area (Å²) in [4.78, 5) is 28.4. The summed E-state index contributed by atoms with van der Waals surface area (Å²) in [6.45, 7) is 5.94. The third kappa shape index (κ3) is 5.11. The van der Waals surface area contributed by atoms with Crippen molar-refractivity contribution in [1.82, 2.24) is 4.72 Å². The average Bonchev–Trinajstić information content (AvgIpc) is 3.14. The summed E-state index contributed by atoms with van der Waals surface area (Å²) in [5.41, 5.74) is 2.87. The lowest BCUT2D eigenvalue weighted by Crippen LogP contribution is -2.53. The Kier molecular flexibility index (Phi) is 8.05. The zero-order chi connectivity index (χ0) is 29.5. The van der Waals surface area contributed by atoms with Crippen LogP contribution in [-0.2, 0) is 32.4 Å². The molecule has 7 nitrogen and oxygen atoms in total. The van der Waals surface area contributed by atoms with E-state index in [1.165, 1.54) is 11.1 Å². The van der Waals surface area contributed by atoms with Crippen LogP contribution in [0, 0.1) is 17.8 Å². The molecular weight excluding hydrogens is 548 g/mol. The Balaban J connectivity index is 1.44. The van der Waals surface area contributed by atoms with Crippen LogP contribution < -0.4 is 14.4 Å². The molecule has 42 heavy (non-hydrogen) atoms. The number of ether oxygens (including phenoxy) is 2. The van der Waals surface area contributed by atoms with E-state index in [1.807, 2.05) is 38.1 Å². The summed E-state index contributed by atoms with van der Waals surface area (Å²) >= 11 is 0. The van der Waals surface area contributed by atoms with Gasteiger partial charge in [-0.2, -0.15) is 0 Å². The molecule has 6 rings (SSSR count). The zero-order valence-electron chi connectivity index (χ0n) is 24.8. The van der Waals surface area contributed by atoms with Gasteiger partial charge in [-0.05, 0) is 92.7 Å². The Morgan fingerprint density at radius 3 is 2.76 bits per heavy atom. The monoisotopic (exact) mass is 590 g/mol. The van der Waals surface area contributed by atoms with Crippen molar-refractivity contribution >= 4 is 28.9 Å². The molecule has 8 heteroatoms. The number of aryl methyl sites for hydroxylation is 1. The van der Waals surface area contributed by atoms with Gasteiger partial charge in [-0.25, -0.2) is 4.21 Å². The van der Waals surface area contributed by atoms with Crippen LogP contribution in [0.4, 0.5) is 5.69 Å². The molecule has 1 N–H and O–H groups in total. The van der Waals surface area contributed by atoms with Gasteiger partial charge in [0.05, 0.1) is 17.5 Å². The first-order valence-corrected chi connectivity index (χ1v) is 16.5. The van der Waals surface area contributed by atoms with Crippen molar-refractivity contribution in [2.45, 2.75) is 68.6 Å². The fourth-order valence-corrected chi connectivity index (χ4v) is 8.54. The first-order chi connectivity index (χ1) is 20.3. The van der Waals surface area contributed by atoms with Crippen LogP contribution in [0.1, 0.15) is 67.4 Å². The summed E-state index contributed by atoms with van der Waals surface area (Å²) in [5.74, 6) is 0.704. The maximum Gasteiger partial charge on any atom is 0.263 e. The van der Waals surface area contributed by atoms with E-state index in [0.717, 1.165) is 62.9 Å². The van der Waals surface area contributed by atoms with E-state index in [2.05, 4.69) is 33.9 Å². The van der Waals surface area contributed by atoms with E-state index in [1.54, 1.807) is 13.2 Å². The predicted molar refractivity (Wildman–Crippen MR) is 165 cm³/mol. The van der Waals surface area contributed by atoms with Gasteiger partial charge in [0.1, 0.15) is 22.3 Å². The number of methoxy groups -OCH3 is 1. The van der Waals surface area contributed by atoms with Crippen molar-refractivity contribution in [3.05, 3.63) is 71.3 Å². The van der Waals surface area contributed by atoms with Crippen molar-refractivity contribution in [3.8, 4) is 5.75 Å². The molecule has 2 aromatic carbocycles. The van der Waals surface area contributed by atoms with Gasteiger partial charge >= 0.3 is 0 Å². The van der Waals surface area contributed by atoms with Gasteiger partial charge < -0.3 is 14.4 Å². The number of benzene rings is 2. The normalized spacial score (nSPS) is 35.5. The van der Waals surface area contributed by atoms with Crippen LogP contribution in [0.5, 0.6) is 5.75 Å². The summed E-state index contributed by atoms with van der Waals surface area (Å²) in [7, 11) is 0.0536. The first kappa shape index (κ1) is 29.1. The first-order valence-electron chi connectivity index (χ1n) is 15.3. The van der Waals surface area contributed by atoms with E-state index in [9.17, 15) is 13.8 Å². The second-order valence-electron chi connectivity index (χ2n) is 12.8. The molecule has 1 saturated carbocycles. The molecule has 0 aromatic heterocycles. The maximum atomic E-state index is 13.4. The predicted octanol–water partition coefficient (Wildman–Crippen LogP) is 5.15. The molecule has 2 bridgehead atoms. The van der Waals surface area contributed by atoms with Gasteiger partial charge in [0, 0.05) is 37.1 Å². The van der Waals surface area contributed by atoms with Gasteiger partial charge in [-0.1, -0.05) is 37.3 Å². The average molecular weight is 591 g/mol. The highest BCUT2D eigenvalue weighted by molar-refractivity contribution is 7.84. The largest absolute Gasteiger partial charge is 0.490 e. The lowest BCUT2D eigenvalue weighted by Gasteiger charge is -2.48. The number of hydrogen-bond donors (Lipinski definition) is 1. The molecule has 4 aliphatic rings. The van der Waals surface area contributed by atoms with E-state index < -0.39 is 16.6 Å². The second kappa shape index (κ2) is 11.6. The molecule has 1 amide bonds. The number of allylic oxidation sites excluding steroid dienone is 1. The minimum absolute atomic E-state index is 0.0270. The van der Waals surface area contributed by atoms with Crippen molar-refractivity contribution in [2.75, 3.05) is 31.7 Å². The number of fused-ring (bicyclic) bond motifs is 4. The summed E-state index contributed by atoms with van der Waals surface area (Å²) < 4.78 is 28.5. The minimum Gasteiger partial charge on any atom is -0.490 e. The third-order valence-electron chi connectivity index (χ3n) is 10.5. The Hall–Kier alpha value is -2.97. The molecule has 2 aliphatic carbocycles. The number of amides is 1. The number of rotatable bonds is 2. The topological polar surface area (TPSA) is 84.9 Å². The number of nitrogens with one attached hydrogen (secondary N) is 1. The zero-order valence-corrected chi connectivity index (χ0v) is 25.7. The molecular formula is C34H42N2O5S. The standard InChI is InChI=1S/C34H42N2O5S/c1-23-8-6-17-34(21-37,40-3)29-14-12-27(29)19-36-20-33(16-7-10-25-9-4-5-11-28(25)33)22-41-31-15-13-26(18-30(31)36)32(38)35-42(39)24(23)2/h4-6,9,11,13,15,17-18,21,23-24,27,29H,7-8,10,12,14,16,19-20,22H2,1-3H3,(H,35,38)/b17-6+/t23?,24?,27?,29?,33-,34-,42?/m0/s1. The van der Waals surface area contributed by atoms with Crippen molar-refractivity contribution in [1.29, 1.82) is 0 Å². The van der Waals surface area contributed by atoms with E-state index in [-0.39, 0.29) is 34.3 Å². The number of carbonyl (C=O) groups is 2. The molecule has 5 unspecified atom stereocenters. The van der Waals surface area contributed by atoms with Gasteiger partial charge in [0.2, 0.25) is 0 Å². The van der Waals surface area contributed by atoms with Gasteiger partial charge in [0.15, 0.2) is 6.29 Å². The summed E-state index contributed by atoms with van der Waals surface area (Å²) in [6, 6.07) is 14.3. The molecule has 2 aliphatic heterocycles. The van der Waals surface area contributed by atoms with Crippen molar-refractivity contribution in [3.63, 3.8) is 0 Å². The quantitative estimate of drug-likeness (QED) is 0.385. The van der Waals surface area contributed by atoms with Crippen LogP contribution >= 0.6 is 0 Å². The van der Waals surface area contributed by atoms with Crippen molar-refractivity contribution in [2.24, 2.45) is 17.8 Å². The van der Waals surface area contributed by atoms with Crippen LogP contribution in [0.15, 0.2) is 54.6 Å². The summed E-state index contributed by atoms with van der Waals surface area (Å²) in [6.07, 6.45) is 10.6. The Morgan fingerprint density at radius 2 is 2.00 bits per heavy atom. The Labute approximate surface area is 251 Å². The second-order valence-corrected chi connectivity index (χ2v) is 14.4.